The number of rotatable bonds is 1. The van der Waals surface area contributed by atoms with E-state index in [9.17, 15) is 0 Å². The lowest BCUT2D eigenvalue weighted by atomic mass is 10.2. The van der Waals surface area contributed by atoms with Crippen molar-refractivity contribution in [2.75, 3.05) is 20.2 Å². The number of hydrogen-bond acceptors (Lipinski definition) is 4. The van der Waals surface area contributed by atoms with Gasteiger partial charge in [0.2, 0.25) is 0 Å². The van der Waals surface area contributed by atoms with E-state index in [4.69, 9.17) is 18.9 Å². The maximum atomic E-state index is 5.16. The molecule has 1 unspecified atom stereocenters. The quantitative estimate of drug-likeness (QED) is 0.525. The maximum absolute atomic E-state index is 5.16. The largest absolute Gasteiger partial charge is 0.373 e. The molecule has 0 amide bonds. The highest BCUT2D eigenvalue weighted by atomic mass is 16.9. The topological polar surface area (TPSA) is 36.9 Å². The van der Waals surface area contributed by atoms with Crippen molar-refractivity contribution in [1.29, 1.82) is 0 Å². The molecule has 2 saturated heterocycles. The van der Waals surface area contributed by atoms with Crippen molar-refractivity contribution in [3.63, 3.8) is 0 Å². The van der Waals surface area contributed by atoms with Crippen LogP contribution in [0.4, 0.5) is 0 Å². The van der Waals surface area contributed by atoms with E-state index in [2.05, 4.69) is 0 Å². The summed E-state index contributed by atoms with van der Waals surface area (Å²) in [6, 6.07) is 0. The smallest absolute Gasteiger partial charge is 0.189 e. The lowest BCUT2D eigenvalue weighted by Crippen LogP contribution is -2.44. The molecule has 4 heteroatoms. The Hall–Kier alpha value is -0.160. The van der Waals surface area contributed by atoms with Crippen molar-refractivity contribution in [2.45, 2.75) is 18.8 Å². The summed E-state index contributed by atoms with van der Waals surface area (Å²) in [5.41, 5.74) is 0. The van der Waals surface area contributed by atoms with Gasteiger partial charge in [-0.15, -0.1) is 0 Å². The monoisotopic (exact) mass is 146 g/mol. The highest BCUT2D eigenvalue weighted by Gasteiger charge is 2.31. The van der Waals surface area contributed by atoms with Crippen LogP contribution in [0.3, 0.4) is 0 Å². The van der Waals surface area contributed by atoms with Gasteiger partial charge < -0.3 is 18.9 Å². The molecule has 2 aliphatic heterocycles. The van der Waals surface area contributed by atoms with Gasteiger partial charge in [-0.05, 0) is 0 Å². The molecule has 2 aliphatic rings. The van der Waals surface area contributed by atoms with Crippen LogP contribution < -0.4 is 0 Å². The van der Waals surface area contributed by atoms with Gasteiger partial charge in [-0.3, -0.25) is 0 Å². The second-order valence-corrected chi connectivity index (χ2v) is 2.34. The SMILES string of the molecule is C1CC(C2OCOCO2)O1. The zero-order valence-electron chi connectivity index (χ0n) is 5.62. The molecular formula is C6H10O4. The van der Waals surface area contributed by atoms with E-state index < -0.39 is 0 Å². The molecule has 10 heavy (non-hydrogen) atoms. The second-order valence-electron chi connectivity index (χ2n) is 2.34. The minimum atomic E-state index is -0.192. The maximum Gasteiger partial charge on any atom is 0.189 e. The van der Waals surface area contributed by atoms with E-state index >= 15 is 0 Å². The Morgan fingerprint density at radius 3 is 2.20 bits per heavy atom. The van der Waals surface area contributed by atoms with Crippen molar-refractivity contribution >= 4 is 0 Å². The predicted octanol–water partition coefficient (Wildman–Crippen LogP) is 0.0798. The molecule has 2 heterocycles. The average molecular weight is 146 g/mol. The zero-order valence-corrected chi connectivity index (χ0v) is 5.62. The number of ether oxygens (including phenoxy) is 4. The van der Waals surface area contributed by atoms with Gasteiger partial charge in [0.1, 0.15) is 6.10 Å². The van der Waals surface area contributed by atoms with Crippen LogP contribution in [0.5, 0.6) is 0 Å². The molecule has 2 fully saturated rings. The summed E-state index contributed by atoms with van der Waals surface area (Å²) in [4.78, 5) is 0. The van der Waals surface area contributed by atoms with Crippen molar-refractivity contribution in [1.82, 2.24) is 0 Å². The summed E-state index contributed by atoms with van der Waals surface area (Å²) in [6.45, 7) is 1.48. The van der Waals surface area contributed by atoms with Crippen LogP contribution in [0, 0.1) is 0 Å². The van der Waals surface area contributed by atoms with Crippen LogP contribution >= 0.6 is 0 Å². The van der Waals surface area contributed by atoms with Crippen molar-refractivity contribution in [3.8, 4) is 0 Å². The van der Waals surface area contributed by atoms with Gasteiger partial charge in [-0.2, -0.15) is 0 Å². The lowest BCUT2D eigenvalue weighted by molar-refractivity contribution is -0.340. The van der Waals surface area contributed by atoms with Gasteiger partial charge in [-0.25, -0.2) is 0 Å². The van der Waals surface area contributed by atoms with Crippen LogP contribution in [0.2, 0.25) is 0 Å². The molecule has 4 nitrogen and oxygen atoms in total. The molecule has 0 radical (unpaired) electrons. The van der Waals surface area contributed by atoms with Crippen molar-refractivity contribution in [3.05, 3.63) is 0 Å². The molecule has 0 bridgehead atoms. The van der Waals surface area contributed by atoms with E-state index in [1.807, 2.05) is 0 Å². The Morgan fingerprint density at radius 1 is 1.00 bits per heavy atom. The molecule has 0 aromatic carbocycles. The van der Waals surface area contributed by atoms with Crippen LogP contribution in [0.25, 0.3) is 0 Å². The molecule has 0 spiro atoms. The fourth-order valence-corrected chi connectivity index (χ4v) is 0.996. The van der Waals surface area contributed by atoms with Gasteiger partial charge in [0, 0.05) is 13.0 Å². The van der Waals surface area contributed by atoms with E-state index in [1.54, 1.807) is 0 Å². The zero-order chi connectivity index (χ0) is 6.81. The molecule has 58 valence electrons. The van der Waals surface area contributed by atoms with Gasteiger partial charge in [-0.1, -0.05) is 0 Å². The Kier molecular flexibility index (Phi) is 1.86. The fourth-order valence-electron chi connectivity index (χ4n) is 0.996. The van der Waals surface area contributed by atoms with Gasteiger partial charge >= 0.3 is 0 Å². The Bertz CT molecular complexity index is 106. The van der Waals surface area contributed by atoms with Gasteiger partial charge in [0.15, 0.2) is 19.9 Å². The predicted molar refractivity (Wildman–Crippen MR) is 31.1 cm³/mol. The molecule has 1 atom stereocenters. The third-order valence-electron chi connectivity index (χ3n) is 1.67. The first-order valence-corrected chi connectivity index (χ1v) is 3.39. The van der Waals surface area contributed by atoms with Gasteiger partial charge in [0.25, 0.3) is 0 Å². The third-order valence-corrected chi connectivity index (χ3v) is 1.67. The summed E-state index contributed by atoms with van der Waals surface area (Å²) in [7, 11) is 0. The van der Waals surface area contributed by atoms with E-state index in [-0.39, 0.29) is 12.4 Å². The Labute approximate surface area is 59.0 Å². The van der Waals surface area contributed by atoms with Gasteiger partial charge in [0.05, 0.1) is 0 Å². The molecule has 0 aliphatic carbocycles. The first-order valence-electron chi connectivity index (χ1n) is 3.39. The molecule has 0 aromatic rings. The van der Waals surface area contributed by atoms with Crippen LogP contribution in [-0.4, -0.2) is 32.6 Å². The lowest BCUT2D eigenvalue weighted by Gasteiger charge is -2.35. The molecule has 2 rings (SSSR count). The summed E-state index contributed by atoms with van der Waals surface area (Å²) < 4.78 is 20.2. The minimum Gasteiger partial charge on any atom is -0.373 e. The van der Waals surface area contributed by atoms with Crippen molar-refractivity contribution in [2.24, 2.45) is 0 Å². The van der Waals surface area contributed by atoms with Crippen LogP contribution in [-0.2, 0) is 18.9 Å². The highest BCUT2D eigenvalue weighted by Crippen LogP contribution is 2.20. The van der Waals surface area contributed by atoms with E-state index in [0.717, 1.165) is 13.0 Å². The summed E-state index contributed by atoms with van der Waals surface area (Å²) in [5, 5.41) is 0. The highest BCUT2D eigenvalue weighted by molar-refractivity contribution is 4.70. The fraction of sp³-hybridized carbons (Fsp3) is 1.00. The van der Waals surface area contributed by atoms with E-state index in [1.165, 1.54) is 0 Å². The summed E-state index contributed by atoms with van der Waals surface area (Å²) in [6.07, 6.45) is 0.983. The molecule has 0 aromatic heterocycles. The molecular weight excluding hydrogens is 136 g/mol. The first-order chi connectivity index (χ1) is 4.97. The summed E-state index contributed by atoms with van der Waals surface area (Å²) in [5.74, 6) is 0. The standard InChI is InChI=1S/C6H10O4/c1-2-8-5(1)6-9-3-7-4-10-6/h5-6H,1-4H2. The molecule has 0 N–H and O–H groups in total. The molecule has 0 saturated carbocycles. The van der Waals surface area contributed by atoms with Crippen LogP contribution in [0.1, 0.15) is 6.42 Å². The van der Waals surface area contributed by atoms with Crippen LogP contribution in [0.15, 0.2) is 0 Å². The minimum absolute atomic E-state index is 0.142. The second kappa shape index (κ2) is 2.84. The third kappa shape index (κ3) is 1.15. The average Bonchev–Trinajstić information content (AvgIpc) is 1.86. The van der Waals surface area contributed by atoms with Crippen molar-refractivity contribution < 1.29 is 18.9 Å². The normalized spacial score (nSPS) is 35.4. The first kappa shape index (κ1) is 6.54. The summed E-state index contributed by atoms with van der Waals surface area (Å²) >= 11 is 0. The Balaban J connectivity index is 1.78. The van der Waals surface area contributed by atoms with E-state index in [0.29, 0.717) is 13.6 Å². The number of hydrogen-bond donors (Lipinski definition) is 0. The Morgan fingerprint density at radius 2 is 1.70 bits per heavy atom.